The van der Waals surface area contributed by atoms with E-state index in [0.717, 1.165) is 12.1 Å². The van der Waals surface area contributed by atoms with Crippen LogP contribution in [0.1, 0.15) is 6.92 Å². The monoisotopic (exact) mass is 624 g/mol. The van der Waals surface area contributed by atoms with Gasteiger partial charge in [-0.1, -0.05) is 0 Å². The molecular formula is C28H32O16. The van der Waals surface area contributed by atoms with Crippen LogP contribution < -0.4 is 14.9 Å². The Bertz CT molecular complexity index is 1560. The fourth-order valence-electron chi connectivity index (χ4n) is 4.99. The number of aliphatic hydroxyl groups excluding tert-OH is 6. The van der Waals surface area contributed by atoms with Gasteiger partial charge in [-0.3, -0.25) is 4.79 Å². The van der Waals surface area contributed by atoms with Gasteiger partial charge in [0.15, 0.2) is 23.5 Å². The van der Waals surface area contributed by atoms with Crippen LogP contribution in [0.4, 0.5) is 0 Å². The summed E-state index contributed by atoms with van der Waals surface area (Å²) in [7, 11) is 1.28. The van der Waals surface area contributed by atoms with Crippen molar-refractivity contribution < 1.29 is 74.1 Å². The number of phenolic OH excluding ortho intramolecular Hbond substituents is 3. The van der Waals surface area contributed by atoms with Gasteiger partial charge in [-0.05, 0) is 25.1 Å². The zero-order valence-corrected chi connectivity index (χ0v) is 23.3. The van der Waals surface area contributed by atoms with Gasteiger partial charge in [-0.2, -0.15) is 0 Å². The van der Waals surface area contributed by atoms with E-state index < -0.39 is 96.1 Å². The van der Waals surface area contributed by atoms with Crippen molar-refractivity contribution in [2.75, 3.05) is 13.7 Å². The van der Waals surface area contributed by atoms with Crippen LogP contribution in [-0.4, -0.2) is 121 Å². The fourth-order valence-corrected chi connectivity index (χ4v) is 4.99. The van der Waals surface area contributed by atoms with Crippen LogP contribution in [-0.2, 0) is 14.2 Å². The number of rotatable bonds is 7. The van der Waals surface area contributed by atoms with Gasteiger partial charge in [-0.15, -0.1) is 0 Å². The van der Waals surface area contributed by atoms with Gasteiger partial charge < -0.3 is 74.1 Å². The van der Waals surface area contributed by atoms with Crippen LogP contribution in [0, 0.1) is 0 Å². The number of methoxy groups -OCH3 is 1. The van der Waals surface area contributed by atoms with Gasteiger partial charge in [0, 0.05) is 17.7 Å². The Morgan fingerprint density at radius 1 is 0.795 bits per heavy atom. The van der Waals surface area contributed by atoms with E-state index in [1.807, 2.05) is 0 Å². The maximum absolute atomic E-state index is 13.7. The maximum Gasteiger partial charge on any atom is 0.239 e. The minimum Gasteiger partial charge on any atom is -0.508 e. The minimum atomic E-state index is -1.94. The maximum atomic E-state index is 13.7. The second-order valence-corrected chi connectivity index (χ2v) is 10.5. The normalized spacial score (nSPS) is 32.5. The second-order valence-electron chi connectivity index (χ2n) is 10.5. The van der Waals surface area contributed by atoms with Crippen molar-refractivity contribution in [2.24, 2.45) is 0 Å². The molecule has 0 spiro atoms. The molecule has 16 nitrogen and oxygen atoms in total. The van der Waals surface area contributed by atoms with Crippen molar-refractivity contribution in [2.45, 2.75) is 68.3 Å². The topological polar surface area (TPSA) is 258 Å². The van der Waals surface area contributed by atoms with E-state index in [0.29, 0.717) is 0 Å². The van der Waals surface area contributed by atoms with Gasteiger partial charge in [0.2, 0.25) is 17.5 Å². The van der Waals surface area contributed by atoms with E-state index in [1.165, 1.54) is 32.2 Å². The first-order chi connectivity index (χ1) is 20.8. The highest BCUT2D eigenvalue weighted by atomic mass is 16.7. The fraction of sp³-hybridized carbons (Fsp3) is 0.464. The van der Waals surface area contributed by atoms with Crippen molar-refractivity contribution >= 4 is 11.0 Å². The molecule has 6 unspecified atom stereocenters. The van der Waals surface area contributed by atoms with E-state index >= 15 is 0 Å². The summed E-state index contributed by atoms with van der Waals surface area (Å²) in [5.74, 6) is -2.28. The van der Waals surface area contributed by atoms with Gasteiger partial charge in [0.25, 0.3) is 0 Å². The molecule has 2 aliphatic rings. The smallest absolute Gasteiger partial charge is 0.239 e. The second kappa shape index (κ2) is 12.4. The lowest BCUT2D eigenvalue weighted by Gasteiger charge is -2.42. The summed E-state index contributed by atoms with van der Waals surface area (Å²) >= 11 is 0. The third-order valence-corrected chi connectivity index (χ3v) is 7.50. The first-order valence-corrected chi connectivity index (χ1v) is 13.4. The highest BCUT2D eigenvalue weighted by Gasteiger charge is 2.47. The highest BCUT2D eigenvalue weighted by Crippen LogP contribution is 2.39. The molecular weight excluding hydrogens is 592 g/mol. The molecule has 1 aromatic heterocycles. The van der Waals surface area contributed by atoms with E-state index in [9.17, 15) is 50.8 Å². The number of phenols is 3. The SMILES string of the molecule is COc1cc(-c2oc3cc(O)cc(O)c3c(=O)c2OC2OC(COC3OC(C)C(O)[C@@H](O)[C@H]3O)[C@@H](O)C(O)[C@H]2O)ccc1O. The number of fused-ring (bicyclic) bond motifs is 1. The van der Waals surface area contributed by atoms with Crippen LogP contribution in [0.25, 0.3) is 22.3 Å². The number of hydrogen-bond donors (Lipinski definition) is 9. The van der Waals surface area contributed by atoms with Crippen LogP contribution in [0.3, 0.4) is 0 Å². The average molecular weight is 625 g/mol. The number of benzene rings is 2. The molecule has 2 aromatic carbocycles. The lowest BCUT2D eigenvalue weighted by atomic mass is 9.98. The van der Waals surface area contributed by atoms with E-state index in [4.69, 9.17) is 28.1 Å². The molecule has 0 bridgehead atoms. The quantitative estimate of drug-likeness (QED) is 0.147. The van der Waals surface area contributed by atoms with E-state index in [1.54, 1.807) is 0 Å². The van der Waals surface area contributed by atoms with Gasteiger partial charge in [-0.25, -0.2) is 0 Å². The summed E-state index contributed by atoms with van der Waals surface area (Å²) in [5, 5.41) is 92.1. The van der Waals surface area contributed by atoms with Gasteiger partial charge >= 0.3 is 0 Å². The Balaban J connectivity index is 1.49. The molecule has 2 saturated heterocycles. The molecule has 2 aliphatic heterocycles. The third kappa shape index (κ3) is 5.74. The lowest BCUT2D eigenvalue weighted by Crippen LogP contribution is -2.61. The molecule has 0 amide bonds. The average Bonchev–Trinajstić information content (AvgIpc) is 2.98. The summed E-state index contributed by atoms with van der Waals surface area (Å²) in [5.41, 5.74) is -1.11. The first kappa shape index (κ1) is 31.7. The Morgan fingerprint density at radius 2 is 1.48 bits per heavy atom. The Labute approximate surface area is 248 Å². The van der Waals surface area contributed by atoms with Crippen LogP contribution >= 0.6 is 0 Å². The predicted molar refractivity (Wildman–Crippen MR) is 145 cm³/mol. The Kier molecular flexibility index (Phi) is 8.90. The summed E-state index contributed by atoms with van der Waals surface area (Å²) < 4.78 is 33.2. The van der Waals surface area contributed by atoms with Crippen LogP contribution in [0.15, 0.2) is 39.5 Å². The summed E-state index contributed by atoms with van der Waals surface area (Å²) in [6.45, 7) is 0.845. The molecule has 16 heteroatoms. The van der Waals surface area contributed by atoms with Crippen molar-refractivity contribution in [3.8, 4) is 40.1 Å². The number of aliphatic hydroxyl groups is 6. The molecule has 0 saturated carbocycles. The van der Waals surface area contributed by atoms with E-state index in [-0.39, 0.29) is 28.4 Å². The third-order valence-electron chi connectivity index (χ3n) is 7.50. The van der Waals surface area contributed by atoms with Crippen molar-refractivity contribution in [3.05, 3.63) is 40.6 Å². The lowest BCUT2D eigenvalue weighted by molar-refractivity contribution is -0.318. The van der Waals surface area contributed by atoms with Crippen molar-refractivity contribution in [1.82, 2.24) is 0 Å². The summed E-state index contributed by atoms with van der Waals surface area (Å²) in [6.07, 6.45) is -16.0. The molecule has 9 N–H and O–H groups in total. The zero-order chi connectivity index (χ0) is 32.0. The first-order valence-electron chi connectivity index (χ1n) is 13.4. The van der Waals surface area contributed by atoms with Gasteiger partial charge in [0.05, 0.1) is 19.8 Å². The summed E-state index contributed by atoms with van der Waals surface area (Å²) in [4.78, 5) is 13.7. The molecule has 3 heterocycles. The number of aromatic hydroxyl groups is 3. The number of ether oxygens (including phenoxy) is 5. The molecule has 0 aliphatic carbocycles. The molecule has 44 heavy (non-hydrogen) atoms. The number of hydrogen-bond acceptors (Lipinski definition) is 16. The molecule has 5 rings (SSSR count). The van der Waals surface area contributed by atoms with Crippen LogP contribution in [0.5, 0.6) is 28.7 Å². The molecule has 0 radical (unpaired) electrons. The van der Waals surface area contributed by atoms with Crippen molar-refractivity contribution in [3.63, 3.8) is 0 Å². The molecule has 10 atom stereocenters. The Hall–Kier alpha value is -3.71. The standard InChI is InChI=1S/C28H32O16/c1-9-18(32)21(35)23(37)27(41-9)40-8-16-19(33)22(36)24(38)28(43-16)44-26-20(34)17-13(31)6-11(29)7-15(17)42-25(26)10-3-4-12(30)14(5-10)39-2/h3-7,9,16,18-19,21-24,27-33,35-38H,8H2,1-2H3/t9?,16?,18?,19-,21-,22?,23-,24-,27?,28?/m1/s1. The van der Waals surface area contributed by atoms with E-state index in [2.05, 4.69) is 0 Å². The molecule has 2 fully saturated rings. The zero-order valence-electron chi connectivity index (χ0n) is 23.3. The highest BCUT2D eigenvalue weighted by molar-refractivity contribution is 5.88. The van der Waals surface area contributed by atoms with Crippen molar-refractivity contribution in [1.29, 1.82) is 0 Å². The largest absolute Gasteiger partial charge is 0.508 e. The Morgan fingerprint density at radius 3 is 2.18 bits per heavy atom. The molecule has 3 aromatic rings. The summed E-state index contributed by atoms with van der Waals surface area (Å²) in [6, 6.07) is 5.83. The van der Waals surface area contributed by atoms with Gasteiger partial charge in [0.1, 0.15) is 65.2 Å². The predicted octanol–water partition coefficient (Wildman–Crippen LogP) is -1.38. The minimum absolute atomic E-state index is 0.0151. The molecule has 240 valence electrons. The van der Waals surface area contributed by atoms with Crippen LogP contribution in [0.2, 0.25) is 0 Å².